The first kappa shape index (κ1) is 13.3. The third-order valence-corrected chi connectivity index (χ3v) is 0.628. The third-order valence-electron chi connectivity index (χ3n) is 0.628. The molecule has 0 rings (SSSR count). The molecule has 0 aromatic heterocycles. The number of aliphatic hydroxyl groups excluding tert-OH is 1. The smallest absolute Gasteiger partial charge is 0.464 e. The summed E-state index contributed by atoms with van der Waals surface area (Å²) >= 11 is 0. The molecule has 0 spiro atoms. The van der Waals surface area contributed by atoms with E-state index in [1.807, 2.05) is 0 Å². The van der Waals surface area contributed by atoms with E-state index < -0.39 is 18.2 Å². The van der Waals surface area contributed by atoms with Gasteiger partial charge in [-0.25, -0.2) is 9.59 Å². The average molecular weight is 180 g/mol. The molecule has 12 heavy (non-hydrogen) atoms. The van der Waals surface area contributed by atoms with Gasteiger partial charge < -0.3 is 20.1 Å². The molecular weight excluding hydrogens is 168 g/mol. The standard InChI is InChI=1S/C5H10O3.CH2O3/c1-3-8-5(7)4(2)6;2-1(3)4/h4,6H,3H2,1-2H3;(H2,2,3,4). The number of carbonyl (C=O) groups excluding carboxylic acids is 1. The second kappa shape index (κ2) is 7.80. The Labute approximate surface area is 69.4 Å². The van der Waals surface area contributed by atoms with E-state index in [0.29, 0.717) is 6.61 Å². The molecule has 0 bridgehead atoms. The lowest BCUT2D eigenvalue weighted by Crippen LogP contribution is -2.18. The van der Waals surface area contributed by atoms with E-state index in [-0.39, 0.29) is 0 Å². The monoisotopic (exact) mass is 180 g/mol. The van der Waals surface area contributed by atoms with Gasteiger partial charge in [0, 0.05) is 0 Å². The summed E-state index contributed by atoms with van der Waals surface area (Å²) in [6.45, 7) is 3.39. The van der Waals surface area contributed by atoms with Crippen LogP contribution in [0.3, 0.4) is 0 Å². The molecule has 0 aromatic carbocycles. The number of hydrogen-bond acceptors (Lipinski definition) is 4. The fourth-order valence-electron chi connectivity index (χ4n) is 0.263. The normalized spacial score (nSPS) is 10.6. The first-order valence-electron chi connectivity index (χ1n) is 3.18. The molecule has 72 valence electrons. The predicted molar refractivity (Wildman–Crippen MR) is 39.0 cm³/mol. The van der Waals surface area contributed by atoms with Crippen LogP contribution in [0.5, 0.6) is 0 Å². The van der Waals surface area contributed by atoms with Gasteiger partial charge in [0.15, 0.2) is 0 Å². The zero-order chi connectivity index (χ0) is 10.1. The maximum Gasteiger partial charge on any atom is 0.503 e. The van der Waals surface area contributed by atoms with Crippen molar-refractivity contribution in [2.45, 2.75) is 20.0 Å². The van der Waals surface area contributed by atoms with E-state index in [1.54, 1.807) is 6.92 Å². The van der Waals surface area contributed by atoms with E-state index in [4.69, 9.17) is 20.1 Å². The minimum absolute atomic E-state index is 0.323. The van der Waals surface area contributed by atoms with Gasteiger partial charge in [-0.2, -0.15) is 0 Å². The largest absolute Gasteiger partial charge is 0.503 e. The van der Waals surface area contributed by atoms with E-state index in [2.05, 4.69) is 4.74 Å². The Morgan fingerprint density at radius 1 is 1.42 bits per heavy atom. The molecule has 0 heterocycles. The Kier molecular flexibility index (Phi) is 8.65. The van der Waals surface area contributed by atoms with E-state index in [9.17, 15) is 4.79 Å². The van der Waals surface area contributed by atoms with Crippen LogP contribution < -0.4 is 0 Å². The van der Waals surface area contributed by atoms with Crippen molar-refractivity contribution in [1.29, 1.82) is 0 Å². The van der Waals surface area contributed by atoms with E-state index in [0.717, 1.165) is 0 Å². The highest BCUT2D eigenvalue weighted by Gasteiger charge is 2.07. The fourth-order valence-corrected chi connectivity index (χ4v) is 0.263. The van der Waals surface area contributed by atoms with Gasteiger partial charge in [-0.15, -0.1) is 0 Å². The molecule has 1 atom stereocenters. The molecule has 3 N–H and O–H groups in total. The van der Waals surface area contributed by atoms with Crippen molar-refractivity contribution in [2.75, 3.05) is 6.61 Å². The van der Waals surface area contributed by atoms with E-state index in [1.165, 1.54) is 6.92 Å². The van der Waals surface area contributed by atoms with Gasteiger partial charge in [0.2, 0.25) is 0 Å². The summed E-state index contributed by atoms with van der Waals surface area (Å²) in [5.41, 5.74) is 0. The zero-order valence-corrected chi connectivity index (χ0v) is 6.85. The van der Waals surface area contributed by atoms with Crippen molar-refractivity contribution in [1.82, 2.24) is 0 Å². The van der Waals surface area contributed by atoms with Crippen molar-refractivity contribution >= 4 is 12.1 Å². The predicted octanol–water partition coefficient (Wildman–Crippen LogP) is 0.153. The summed E-state index contributed by atoms with van der Waals surface area (Å²) < 4.78 is 4.41. The Bertz CT molecular complexity index is 137. The van der Waals surface area contributed by atoms with Crippen molar-refractivity contribution < 1.29 is 29.6 Å². The summed E-state index contributed by atoms with van der Waals surface area (Å²) in [6.07, 6.45) is -2.82. The van der Waals surface area contributed by atoms with Crippen LogP contribution in [0.15, 0.2) is 0 Å². The van der Waals surface area contributed by atoms with Gasteiger partial charge in [-0.1, -0.05) is 0 Å². The second-order valence-electron chi connectivity index (χ2n) is 1.71. The first-order chi connectivity index (χ1) is 5.41. The molecule has 0 aliphatic carbocycles. The molecule has 1 unspecified atom stereocenters. The van der Waals surface area contributed by atoms with Crippen LogP contribution in [-0.4, -0.2) is 40.2 Å². The average Bonchev–Trinajstić information content (AvgIpc) is 1.86. The minimum Gasteiger partial charge on any atom is -0.464 e. The number of ether oxygens (including phenoxy) is 1. The number of aliphatic hydroxyl groups is 1. The Morgan fingerprint density at radius 3 is 1.83 bits per heavy atom. The Hall–Kier alpha value is -1.30. The highest BCUT2D eigenvalue weighted by atomic mass is 16.6. The maximum atomic E-state index is 10.3. The zero-order valence-electron chi connectivity index (χ0n) is 6.85. The summed E-state index contributed by atoms with van der Waals surface area (Å²) in [4.78, 5) is 18.8. The van der Waals surface area contributed by atoms with Gasteiger partial charge >= 0.3 is 12.1 Å². The molecule has 6 nitrogen and oxygen atoms in total. The molecule has 0 aliphatic heterocycles. The first-order valence-corrected chi connectivity index (χ1v) is 3.18. The minimum atomic E-state index is -1.83. The third kappa shape index (κ3) is 15.9. The SMILES string of the molecule is CCOC(=O)C(C)O.O=C(O)O. The summed E-state index contributed by atoms with van der Waals surface area (Å²) in [5.74, 6) is -0.562. The van der Waals surface area contributed by atoms with Gasteiger partial charge in [-0.05, 0) is 13.8 Å². The van der Waals surface area contributed by atoms with Crippen LogP contribution in [0, 0.1) is 0 Å². The summed E-state index contributed by atoms with van der Waals surface area (Å²) in [6, 6.07) is 0. The van der Waals surface area contributed by atoms with Gasteiger partial charge in [-0.3, -0.25) is 0 Å². The van der Waals surface area contributed by atoms with Crippen molar-refractivity contribution in [3.63, 3.8) is 0 Å². The van der Waals surface area contributed by atoms with Crippen LogP contribution in [0.25, 0.3) is 0 Å². The molecule has 0 aliphatic rings. The quantitative estimate of drug-likeness (QED) is 0.522. The summed E-state index contributed by atoms with van der Waals surface area (Å²) in [5, 5.41) is 22.4. The van der Waals surface area contributed by atoms with Crippen LogP contribution in [0.2, 0.25) is 0 Å². The highest BCUT2D eigenvalue weighted by molar-refractivity contribution is 5.73. The number of carbonyl (C=O) groups is 2. The molecule has 0 fully saturated rings. The lowest BCUT2D eigenvalue weighted by Gasteiger charge is -2.01. The lowest BCUT2D eigenvalue weighted by atomic mass is 10.4. The molecular formula is C6H12O6. The number of esters is 1. The number of rotatable bonds is 2. The van der Waals surface area contributed by atoms with Crippen LogP contribution >= 0.6 is 0 Å². The summed E-state index contributed by atoms with van der Waals surface area (Å²) in [7, 11) is 0. The topological polar surface area (TPSA) is 104 Å². The van der Waals surface area contributed by atoms with Gasteiger partial charge in [0.1, 0.15) is 6.10 Å². The Morgan fingerprint density at radius 2 is 1.75 bits per heavy atom. The van der Waals surface area contributed by atoms with Crippen molar-refractivity contribution in [3.05, 3.63) is 0 Å². The highest BCUT2D eigenvalue weighted by Crippen LogP contribution is 1.84. The van der Waals surface area contributed by atoms with Crippen LogP contribution in [0.4, 0.5) is 4.79 Å². The fraction of sp³-hybridized carbons (Fsp3) is 0.667. The molecule has 0 saturated heterocycles. The Balaban J connectivity index is 0. The van der Waals surface area contributed by atoms with Crippen molar-refractivity contribution in [3.8, 4) is 0 Å². The molecule has 0 aromatic rings. The number of carboxylic acid groups (broad SMARTS) is 2. The molecule has 0 amide bonds. The second-order valence-corrected chi connectivity index (χ2v) is 1.71. The molecule has 0 saturated carbocycles. The number of hydrogen-bond donors (Lipinski definition) is 3. The van der Waals surface area contributed by atoms with Gasteiger partial charge in [0.25, 0.3) is 0 Å². The van der Waals surface area contributed by atoms with Crippen LogP contribution in [0.1, 0.15) is 13.8 Å². The lowest BCUT2D eigenvalue weighted by molar-refractivity contribution is -0.151. The molecule has 6 heteroatoms. The van der Waals surface area contributed by atoms with Gasteiger partial charge in [0.05, 0.1) is 6.61 Å². The molecule has 0 radical (unpaired) electrons. The van der Waals surface area contributed by atoms with Crippen LogP contribution in [-0.2, 0) is 9.53 Å². The van der Waals surface area contributed by atoms with E-state index >= 15 is 0 Å². The maximum absolute atomic E-state index is 10.3. The van der Waals surface area contributed by atoms with Crippen molar-refractivity contribution in [2.24, 2.45) is 0 Å².